The lowest BCUT2D eigenvalue weighted by molar-refractivity contribution is -0.215. The number of ether oxygens (including phenoxy) is 3. The zero-order valence-corrected chi connectivity index (χ0v) is 32.4. The molecule has 0 aliphatic rings. The third kappa shape index (κ3) is 17.1. The molecule has 0 spiro atoms. The van der Waals surface area contributed by atoms with Gasteiger partial charge in [-0.15, -0.1) is 0 Å². The first-order chi connectivity index (χ1) is 26.0. The first-order valence-corrected chi connectivity index (χ1v) is 18.1. The number of rotatable bonds is 18. The summed E-state index contributed by atoms with van der Waals surface area (Å²) in [5, 5.41) is 20.3. The number of aliphatic hydroxyl groups excluding tert-OH is 1. The molecule has 4 aromatic carbocycles. The number of hydrogen-bond acceptors (Lipinski definition) is 6. The highest BCUT2D eigenvalue weighted by atomic mass is 35.5. The minimum absolute atomic E-state index is 0.136. The third-order valence-electron chi connectivity index (χ3n) is 8.01. The van der Waals surface area contributed by atoms with E-state index >= 15 is 0 Å². The summed E-state index contributed by atoms with van der Waals surface area (Å²) in [6.45, 7) is 8.97. The summed E-state index contributed by atoms with van der Waals surface area (Å²) in [5.41, 5.74) is 5.03. The highest BCUT2D eigenvalue weighted by Crippen LogP contribution is 2.32. The fourth-order valence-electron chi connectivity index (χ4n) is 5.09. The molecule has 0 aromatic heterocycles. The molecule has 0 amide bonds. The molecule has 6 nitrogen and oxygen atoms in total. The van der Waals surface area contributed by atoms with Crippen molar-refractivity contribution in [3.05, 3.63) is 178 Å². The van der Waals surface area contributed by atoms with Crippen molar-refractivity contribution in [2.75, 3.05) is 20.4 Å². The predicted molar refractivity (Wildman–Crippen MR) is 213 cm³/mol. The Labute approximate surface area is 324 Å². The summed E-state index contributed by atoms with van der Waals surface area (Å²) in [6.07, 6.45) is 4.95. The van der Waals surface area contributed by atoms with Crippen LogP contribution in [0.25, 0.3) is 0 Å². The molecular formula is C45H53ClF2O6. The van der Waals surface area contributed by atoms with E-state index in [4.69, 9.17) is 30.9 Å². The third-order valence-corrected chi connectivity index (χ3v) is 8.38. The normalized spacial score (nSPS) is 13.6. The van der Waals surface area contributed by atoms with Crippen LogP contribution in [0, 0.1) is 5.92 Å². The Morgan fingerprint density at radius 2 is 1.48 bits per heavy atom. The van der Waals surface area contributed by atoms with Crippen LogP contribution in [0.1, 0.15) is 55.0 Å². The number of aldehydes is 1. The van der Waals surface area contributed by atoms with Gasteiger partial charge in [0.15, 0.2) is 17.4 Å². The molecule has 1 unspecified atom stereocenters. The zero-order chi connectivity index (χ0) is 39.8. The molecule has 0 saturated heterocycles. The highest BCUT2D eigenvalue weighted by molar-refractivity contribution is 6.31. The van der Waals surface area contributed by atoms with Gasteiger partial charge in [0, 0.05) is 30.0 Å². The van der Waals surface area contributed by atoms with E-state index in [2.05, 4.69) is 6.58 Å². The van der Waals surface area contributed by atoms with Crippen molar-refractivity contribution >= 4 is 17.9 Å². The van der Waals surface area contributed by atoms with Gasteiger partial charge in [-0.1, -0.05) is 134 Å². The number of carbonyl (C=O) groups excluding carboxylic acids is 1. The zero-order valence-electron chi connectivity index (χ0n) is 31.6. The largest absolute Gasteiger partial charge is 0.491 e. The molecule has 290 valence electrons. The maximum absolute atomic E-state index is 13.6. The second-order valence-corrected chi connectivity index (χ2v) is 13.0. The summed E-state index contributed by atoms with van der Waals surface area (Å²) in [6, 6.07) is 34.5. The van der Waals surface area contributed by atoms with Crippen LogP contribution < -0.4 is 0 Å². The summed E-state index contributed by atoms with van der Waals surface area (Å²) < 4.78 is 42.8. The van der Waals surface area contributed by atoms with E-state index in [9.17, 15) is 18.7 Å². The smallest absolute Gasteiger partial charge is 0.194 e. The molecule has 54 heavy (non-hydrogen) atoms. The van der Waals surface area contributed by atoms with Crippen molar-refractivity contribution in [1.29, 1.82) is 0 Å². The van der Waals surface area contributed by atoms with E-state index in [1.54, 1.807) is 31.2 Å². The second-order valence-electron chi connectivity index (χ2n) is 12.6. The molecule has 0 saturated carbocycles. The average Bonchev–Trinajstić information content (AvgIpc) is 3.20. The van der Waals surface area contributed by atoms with Crippen LogP contribution in [0.5, 0.6) is 0 Å². The SMILES string of the molecule is C=C(/C=C\C(OCC)=C(\F)CF)Cc1cc([C@](O)(CC(C)OCc2ccccc2)OC)ccc1Cl.C[C@@H](C=O)Cc1ccccc1.OCc1ccccc1. The molecular weight excluding hydrogens is 710 g/mol. The van der Waals surface area contributed by atoms with Gasteiger partial charge in [-0.2, -0.15) is 0 Å². The first-order valence-electron chi connectivity index (χ1n) is 17.8. The van der Waals surface area contributed by atoms with Crippen LogP contribution in [0.15, 0.2) is 145 Å². The molecule has 9 heteroatoms. The van der Waals surface area contributed by atoms with Crippen molar-refractivity contribution in [3.8, 4) is 0 Å². The van der Waals surface area contributed by atoms with Gasteiger partial charge >= 0.3 is 0 Å². The Balaban J connectivity index is 0.000000426. The Hall–Kier alpha value is -4.44. The number of benzene rings is 4. The van der Waals surface area contributed by atoms with Gasteiger partial charge in [-0.3, -0.25) is 0 Å². The number of allylic oxidation sites excluding steroid dienone is 4. The molecule has 0 radical (unpaired) electrons. The lowest BCUT2D eigenvalue weighted by Gasteiger charge is -2.30. The fourth-order valence-corrected chi connectivity index (χ4v) is 5.27. The van der Waals surface area contributed by atoms with Crippen molar-refractivity contribution in [1.82, 2.24) is 0 Å². The monoisotopic (exact) mass is 762 g/mol. The van der Waals surface area contributed by atoms with Crippen molar-refractivity contribution in [3.63, 3.8) is 0 Å². The van der Waals surface area contributed by atoms with E-state index in [0.29, 0.717) is 34.8 Å². The number of aliphatic hydroxyl groups is 2. The van der Waals surface area contributed by atoms with Gasteiger partial charge in [-0.25, -0.2) is 8.78 Å². The van der Waals surface area contributed by atoms with Crippen molar-refractivity contribution in [2.45, 2.75) is 65.1 Å². The Kier molecular flexibility index (Phi) is 21.6. The Morgan fingerprint density at radius 3 is 1.98 bits per heavy atom. The quantitative estimate of drug-likeness (QED) is 0.0455. The lowest BCUT2D eigenvalue weighted by atomic mass is 9.95. The van der Waals surface area contributed by atoms with E-state index in [1.807, 2.05) is 105 Å². The highest BCUT2D eigenvalue weighted by Gasteiger charge is 2.32. The standard InChI is InChI=1S/C28H33ClF2O4.C10H12O.C7H8O/c1-5-34-27(26(31)18-30)14-11-20(2)15-23-16-24(12-13-25(23)29)28(32,33-4)17-21(3)35-19-22-9-7-6-8-10-22;1-9(8-11)7-10-5-3-2-4-6-10;8-6-7-4-2-1-3-5-7/h6-14,16,21,32H,2,5,15,17-19H2,1,3-4H3;2-6,8-9H,7H2,1H3;1-5,8H,6H2/b14-11-,27-26-;;/t21?,28-;9-;/m01./s1. The van der Waals surface area contributed by atoms with Crippen LogP contribution in [-0.2, 0) is 50.8 Å². The molecule has 3 atom stereocenters. The van der Waals surface area contributed by atoms with Crippen LogP contribution in [-0.4, -0.2) is 43.0 Å². The maximum atomic E-state index is 13.6. The van der Waals surface area contributed by atoms with Crippen molar-refractivity contribution < 1.29 is 38.0 Å². The molecule has 4 aromatic rings. The van der Waals surface area contributed by atoms with E-state index in [-0.39, 0.29) is 37.4 Å². The van der Waals surface area contributed by atoms with Crippen LogP contribution in [0.2, 0.25) is 5.02 Å². The molecule has 0 heterocycles. The molecule has 4 rings (SSSR count). The minimum Gasteiger partial charge on any atom is -0.491 e. The molecule has 0 aliphatic carbocycles. The Morgan fingerprint density at radius 1 is 0.907 bits per heavy atom. The number of methoxy groups -OCH3 is 1. The van der Waals surface area contributed by atoms with Crippen LogP contribution >= 0.6 is 11.6 Å². The summed E-state index contributed by atoms with van der Waals surface area (Å²) in [7, 11) is 1.43. The van der Waals surface area contributed by atoms with E-state index in [1.165, 1.54) is 18.7 Å². The summed E-state index contributed by atoms with van der Waals surface area (Å²) in [5.74, 6) is -2.61. The van der Waals surface area contributed by atoms with Gasteiger partial charge in [0.25, 0.3) is 0 Å². The lowest BCUT2D eigenvalue weighted by Crippen LogP contribution is -2.33. The average molecular weight is 763 g/mol. The molecule has 0 bridgehead atoms. The van der Waals surface area contributed by atoms with E-state index in [0.717, 1.165) is 23.8 Å². The maximum Gasteiger partial charge on any atom is 0.194 e. The number of hydrogen-bond donors (Lipinski definition) is 2. The van der Waals surface area contributed by atoms with Crippen LogP contribution in [0.3, 0.4) is 0 Å². The van der Waals surface area contributed by atoms with Gasteiger partial charge in [0.1, 0.15) is 13.0 Å². The first kappa shape index (κ1) is 45.7. The minimum atomic E-state index is -1.60. The van der Waals surface area contributed by atoms with E-state index < -0.39 is 18.3 Å². The van der Waals surface area contributed by atoms with Gasteiger partial charge in [0.2, 0.25) is 0 Å². The number of carbonyl (C=O) groups is 1. The topological polar surface area (TPSA) is 85.2 Å². The molecule has 0 aliphatic heterocycles. The van der Waals surface area contributed by atoms with Gasteiger partial charge < -0.3 is 29.2 Å². The molecule has 2 N–H and O–H groups in total. The van der Waals surface area contributed by atoms with Gasteiger partial charge in [-0.05, 0) is 67.2 Å². The predicted octanol–water partition coefficient (Wildman–Crippen LogP) is 10.2. The molecule has 0 fully saturated rings. The second kappa shape index (κ2) is 25.6. The summed E-state index contributed by atoms with van der Waals surface area (Å²) >= 11 is 6.39. The van der Waals surface area contributed by atoms with Crippen molar-refractivity contribution in [2.24, 2.45) is 5.92 Å². The number of alkyl halides is 1. The number of halogens is 3. The summed E-state index contributed by atoms with van der Waals surface area (Å²) in [4.78, 5) is 10.3. The van der Waals surface area contributed by atoms with Gasteiger partial charge in [0.05, 0.1) is 25.9 Å². The van der Waals surface area contributed by atoms with Crippen LogP contribution in [0.4, 0.5) is 8.78 Å². The Bertz CT molecular complexity index is 1720. The fraction of sp³-hybridized carbons (Fsp3) is 0.311.